The molecule has 0 saturated carbocycles. The summed E-state index contributed by atoms with van der Waals surface area (Å²) in [6.45, 7) is -0.0929. The van der Waals surface area contributed by atoms with Gasteiger partial charge in [0.1, 0.15) is 5.75 Å². The third kappa shape index (κ3) is 7.58. The SMILES string of the molecule is O=C(COC(=O)CCCOc1ccc(Br)cc1Cl)Nc1ccc(Cl)c(Cl)c1. The molecule has 2 rings (SSSR count). The molecule has 0 bridgehead atoms. The van der Waals surface area contributed by atoms with Gasteiger partial charge in [-0.05, 0) is 42.8 Å². The number of anilines is 1. The van der Waals surface area contributed by atoms with Crippen LogP contribution in [0, 0.1) is 0 Å². The summed E-state index contributed by atoms with van der Waals surface area (Å²) in [5.74, 6) is -0.432. The molecule has 0 atom stereocenters. The van der Waals surface area contributed by atoms with Gasteiger partial charge in [-0.25, -0.2) is 0 Å². The highest BCUT2D eigenvalue weighted by Crippen LogP contribution is 2.28. The number of hydrogen-bond donors (Lipinski definition) is 1. The molecule has 0 aliphatic rings. The largest absolute Gasteiger partial charge is 0.492 e. The molecule has 0 radical (unpaired) electrons. The van der Waals surface area contributed by atoms with E-state index in [0.29, 0.717) is 39.5 Å². The minimum Gasteiger partial charge on any atom is -0.492 e. The zero-order valence-electron chi connectivity index (χ0n) is 13.9. The predicted octanol–water partition coefficient (Wildman–Crippen LogP) is 5.75. The van der Waals surface area contributed by atoms with E-state index in [0.717, 1.165) is 4.47 Å². The maximum Gasteiger partial charge on any atom is 0.306 e. The molecular weight excluding hydrogens is 480 g/mol. The van der Waals surface area contributed by atoms with Crippen LogP contribution in [0.1, 0.15) is 12.8 Å². The molecule has 1 amide bonds. The van der Waals surface area contributed by atoms with Crippen LogP contribution in [0.4, 0.5) is 5.69 Å². The van der Waals surface area contributed by atoms with Gasteiger partial charge in [-0.3, -0.25) is 9.59 Å². The van der Waals surface area contributed by atoms with Gasteiger partial charge in [0.2, 0.25) is 0 Å². The second-order valence-corrected chi connectivity index (χ2v) is 7.50. The monoisotopic (exact) mass is 493 g/mol. The van der Waals surface area contributed by atoms with E-state index in [1.54, 1.807) is 24.3 Å². The Kier molecular flexibility index (Phi) is 8.70. The van der Waals surface area contributed by atoms with Gasteiger partial charge in [0, 0.05) is 16.6 Å². The number of nitrogens with one attached hydrogen (secondary N) is 1. The van der Waals surface area contributed by atoms with E-state index in [2.05, 4.69) is 21.2 Å². The fourth-order valence-electron chi connectivity index (χ4n) is 1.98. The molecule has 0 heterocycles. The number of benzene rings is 2. The maximum absolute atomic E-state index is 11.8. The number of halogens is 4. The van der Waals surface area contributed by atoms with Crippen molar-refractivity contribution in [2.45, 2.75) is 12.8 Å². The van der Waals surface area contributed by atoms with Crippen LogP contribution in [0.5, 0.6) is 5.75 Å². The van der Waals surface area contributed by atoms with E-state index < -0.39 is 18.5 Å². The van der Waals surface area contributed by atoms with Crippen LogP contribution in [0.2, 0.25) is 15.1 Å². The summed E-state index contributed by atoms with van der Waals surface area (Å²) in [6.07, 6.45) is 0.549. The van der Waals surface area contributed by atoms with Crippen molar-refractivity contribution < 1.29 is 19.1 Å². The summed E-state index contributed by atoms with van der Waals surface area (Å²) in [5, 5.41) is 3.74. The van der Waals surface area contributed by atoms with E-state index in [1.807, 2.05) is 6.07 Å². The van der Waals surface area contributed by atoms with Crippen LogP contribution in [-0.4, -0.2) is 25.1 Å². The zero-order chi connectivity index (χ0) is 19.8. The molecule has 9 heteroatoms. The van der Waals surface area contributed by atoms with Gasteiger partial charge in [0.05, 0.1) is 21.7 Å². The molecule has 2 aromatic rings. The van der Waals surface area contributed by atoms with Crippen molar-refractivity contribution in [3.63, 3.8) is 0 Å². The number of amides is 1. The van der Waals surface area contributed by atoms with Crippen LogP contribution in [-0.2, 0) is 14.3 Å². The summed E-state index contributed by atoms with van der Waals surface area (Å²) in [4.78, 5) is 23.5. The normalized spacial score (nSPS) is 10.4. The Bertz CT molecular complexity index is 832. The Balaban J connectivity index is 1.65. The highest BCUT2D eigenvalue weighted by molar-refractivity contribution is 9.10. The molecular formula is C18H15BrCl3NO4. The minimum atomic E-state index is -0.496. The third-order valence-corrected chi connectivity index (χ3v) is 4.77. The van der Waals surface area contributed by atoms with Gasteiger partial charge in [0.25, 0.3) is 5.91 Å². The molecule has 1 N–H and O–H groups in total. The highest BCUT2D eigenvalue weighted by Gasteiger charge is 2.09. The molecule has 0 aromatic heterocycles. The average molecular weight is 496 g/mol. The van der Waals surface area contributed by atoms with Crippen molar-refractivity contribution in [2.75, 3.05) is 18.5 Å². The third-order valence-electron chi connectivity index (χ3n) is 3.24. The number of carbonyl (C=O) groups is 2. The van der Waals surface area contributed by atoms with Gasteiger partial charge in [0.15, 0.2) is 6.61 Å². The number of esters is 1. The van der Waals surface area contributed by atoms with Crippen LogP contribution in [0.15, 0.2) is 40.9 Å². The lowest BCUT2D eigenvalue weighted by atomic mass is 10.3. The summed E-state index contributed by atoms with van der Waals surface area (Å²) in [5.41, 5.74) is 0.463. The van der Waals surface area contributed by atoms with E-state index in [-0.39, 0.29) is 6.42 Å². The maximum atomic E-state index is 11.8. The van der Waals surface area contributed by atoms with Crippen molar-refractivity contribution in [2.24, 2.45) is 0 Å². The van der Waals surface area contributed by atoms with E-state index in [4.69, 9.17) is 44.3 Å². The van der Waals surface area contributed by atoms with Crippen molar-refractivity contribution in [1.29, 1.82) is 0 Å². The number of hydrogen-bond acceptors (Lipinski definition) is 4. The van der Waals surface area contributed by atoms with Crippen molar-refractivity contribution in [3.8, 4) is 5.75 Å². The Morgan fingerprint density at radius 1 is 1.00 bits per heavy atom. The second kappa shape index (κ2) is 10.8. The van der Waals surface area contributed by atoms with Gasteiger partial charge in [-0.15, -0.1) is 0 Å². The molecule has 2 aromatic carbocycles. The average Bonchev–Trinajstić information content (AvgIpc) is 2.61. The van der Waals surface area contributed by atoms with Crippen LogP contribution >= 0.6 is 50.7 Å². The van der Waals surface area contributed by atoms with Crippen LogP contribution < -0.4 is 10.1 Å². The van der Waals surface area contributed by atoms with Gasteiger partial charge >= 0.3 is 5.97 Å². The Morgan fingerprint density at radius 3 is 2.48 bits per heavy atom. The predicted molar refractivity (Wildman–Crippen MR) is 110 cm³/mol. The van der Waals surface area contributed by atoms with Gasteiger partial charge in [-0.2, -0.15) is 0 Å². The molecule has 0 fully saturated rings. The first kappa shape index (κ1) is 21.8. The molecule has 0 unspecified atom stereocenters. The summed E-state index contributed by atoms with van der Waals surface area (Å²) < 4.78 is 11.3. The summed E-state index contributed by atoms with van der Waals surface area (Å²) in [7, 11) is 0. The van der Waals surface area contributed by atoms with E-state index in [9.17, 15) is 9.59 Å². The fraction of sp³-hybridized carbons (Fsp3) is 0.222. The van der Waals surface area contributed by atoms with E-state index >= 15 is 0 Å². The molecule has 27 heavy (non-hydrogen) atoms. The van der Waals surface area contributed by atoms with E-state index in [1.165, 1.54) is 6.07 Å². The van der Waals surface area contributed by atoms with Crippen molar-refractivity contribution >= 4 is 68.3 Å². The minimum absolute atomic E-state index is 0.119. The lowest BCUT2D eigenvalue weighted by Crippen LogP contribution is -2.21. The zero-order valence-corrected chi connectivity index (χ0v) is 17.8. The molecule has 0 aliphatic heterocycles. The topological polar surface area (TPSA) is 64.6 Å². The Morgan fingerprint density at radius 2 is 1.78 bits per heavy atom. The summed E-state index contributed by atoms with van der Waals surface area (Å²) >= 11 is 21.0. The number of rotatable bonds is 8. The number of carbonyl (C=O) groups excluding carboxylic acids is 2. The smallest absolute Gasteiger partial charge is 0.306 e. The van der Waals surface area contributed by atoms with Gasteiger partial charge < -0.3 is 14.8 Å². The first-order valence-electron chi connectivity index (χ1n) is 7.83. The van der Waals surface area contributed by atoms with Gasteiger partial charge in [-0.1, -0.05) is 50.7 Å². The summed E-state index contributed by atoms with van der Waals surface area (Å²) in [6, 6.07) is 9.92. The Hall–Kier alpha value is -1.47. The van der Waals surface area contributed by atoms with Crippen LogP contribution in [0.3, 0.4) is 0 Å². The van der Waals surface area contributed by atoms with Crippen LogP contribution in [0.25, 0.3) is 0 Å². The molecule has 0 spiro atoms. The number of ether oxygens (including phenoxy) is 2. The van der Waals surface area contributed by atoms with Crippen molar-refractivity contribution in [1.82, 2.24) is 0 Å². The standard InChI is InChI=1S/C18H15BrCl3NO4/c19-11-3-6-16(15(22)8-11)26-7-1-2-18(25)27-10-17(24)23-12-4-5-13(20)14(21)9-12/h3-6,8-9H,1-2,7,10H2,(H,23,24). The molecule has 0 saturated heterocycles. The first-order valence-corrected chi connectivity index (χ1v) is 9.76. The first-order chi connectivity index (χ1) is 12.8. The lowest BCUT2D eigenvalue weighted by molar-refractivity contribution is -0.147. The van der Waals surface area contributed by atoms with Crippen molar-refractivity contribution in [3.05, 3.63) is 55.9 Å². The second-order valence-electron chi connectivity index (χ2n) is 5.36. The molecule has 5 nitrogen and oxygen atoms in total. The molecule has 0 aliphatic carbocycles. The molecule has 144 valence electrons. The quantitative estimate of drug-likeness (QED) is 0.374. The lowest BCUT2D eigenvalue weighted by Gasteiger charge is -2.09. The fourth-order valence-corrected chi connectivity index (χ4v) is 3.01. The highest BCUT2D eigenvalue weighted by atomic mass is 79.9. The Labute approximate surface area is 180 Å².